The van der Waals surface area contributed by atoms with Gasteiger partial charge in [0.05, 0.1) is 0 Å². The molecule has 2 aromatic heterocycles. The second-order valence-corrected chi connectivity index (χ2v) is 9.06. The van der Waals surface area contributed by atoms with Crippen molar-refractivity contribution in [1.82, 2.24) is 9.97 Å². The van der Waals surface area contributed by atoms with Crippen molar-refractivity contribution in [3.8, 4) is 0 Å². The third-order valence-corrected chi connectivity index (χ3v) is 6.77. The Balaban J connectivity index is 1.48. The molecule has 2 atom stereocenters. The minimum Gasteiger partial charge on any atom is -0.292 e. The Labute approximate surface area is 166 Å². The first kappa shape index (κ1) is 19.0. The number of nitrogens with zero attached hydrogens (tertiary/aromatic N) is 2. The molecule has 2 fully saturated rings. The Bertz CT molecular complexity index is 849. The minimum absolute atomic E-state index is 0.0427. The van der Waals surface area contributed by atoms with E-state index in [1.54, 1.807) is 0 Å². The van der Waals surface area contributed by atoms with Gasteiger partial charge in [0.25, 0.3) is 0 Å². The van der Waals surface area contributed by atoms with E-state index in [9.17, 15) is 9.59 Å². The van der Waals surface area contributed by atoms with Crippen LogP contribution in [0.15, 0.2) is 36.4 Å². The molecule has 4 rings (SSSR count). The van der Waals surface area contributed by atoms with E-state index in [1.165, 1.54) is 0 Å². The summed E-state index contributed by atoms with van der Waals surface area (Å²) in [4.78, 5) is 34.6. The van der Waals surface area contributed by atoms with Crippen molar-refractivity contribution in [2.24, 2.45) is 10.8 Å². The number of aromatic nitrogens is 2. The largest absolute Gasteiger partial charge is 0.292 e. The zero-order valence-corrected chi connectivity index (χ0v) is 16.8. The van der Waals surface area contributed by atoms with Crippen LogP contribution >= 0.6 is 0 Å². The topological polar surface area (TPSA) is 59.9 Å². The van der Waals surface area contributed by atoms with Gasteiger partial charge in [-0.3, -0.25) is 19.6 Å². The number of carbonyl (C=O) groups is 2. The number of Topliss-reactive ketones (excluding diaryl/α,β-unsaturated/α-hetero) is 2. The molecular formula is C24H28N2O2. The van der Waals surface area contributed by atoms with Crippen molar-refractivity contribution in [1.29, 1.82) is 0 Å². The van der Waals surface area contributed by atoms with Gasteiger partial charge >= 0.3 is 0 Å². The first-order chi connectivity index (χ1) is 13.4. The van der Waals surface area contributed by atoms with E-state index in [1.807, 2.05) is 50.2 Å². The van der Waals surface area contributed by atoms with E-state index >= 15 is 0 Å². The van der Waals surface area contributed by atoms with Crippen molar-refractivity contribution in [2.75, 3.05) is 0 Å². The normalized spacial score (nSPS) is 26.2. The van der Waals surface area contributed by atoms with E-state index in [2.05, 4.69) is 9.97 Å². The fourth-order valence-electron chi connectivity index (χ4n) is 5.51. The molecule has 2 aliphatic carbocycles. The number of aryl methyl sites for hydroxylation is 2. The monoisotopic (exact) mass is 376 g/mol. The van der Waals surface area contributed by atoms with Gasteiger partial charge in [0.15, 0.2) is 11.6 Å². The second-order valence-electron chi connectivity index (χ2n) is 9.06. The van der Waals surface area contributed by atoms with E-state index in [4.69, 9.17) is 0 Å². The number of ketones is 2. The summed E-state index contributed by atoms with van der Waals surface area (Å²) in [5, 5.41) is 0. The summed E-state index contributed by atoms with van der Waals surface area (Å²) < 4.78 is 0. The molecule has 2 aromatic rings. The highest BCUT2D eigenvalue weighted by Gasteiger charge is 2.52. The Hall–Kier alpha value is -2.36. The summed E-state index contributed by atoms with van der Waals surface area (Å²) in [6.07, 6.45) is 7.45. The Morgan fingerprint density at radius 1 is 0.786 bits per heavy atom. The maximum atomic E-state index is 12.9. The highest BCUT2D eigenvalue weighted by atomic mass is 16.1. The molecule has 2 saturated carbocycles. The van der Waals surface area contributed by atoms with Crippen molar-refractivity contribution in [3.63, 3.8) is 0 Å². The van der Waals surface area contributed by atoms with Gasteiger partial charge in [0.1, 0.15) is 11.4 Å². The molecule has 2 unspecified atom stereocenters. The molecule has 4 nitrogen and oxygen atoms in total. The van der Waals surface area contributed by atoms with Crippen molar-refractivity contribution >= 4 is 11.6 Å². The number of fused-ring (bicyclic) bond motifs is 2. The van der Waals surface area contributed by atoms with Crippen molar-refractivity contribution in [2.45, 2.75) is 65.2 Å². The van der Waals surface area contributed by atoms with Gasteiger partial charge in [-0.1, -0.05) is 18.6 Å². The Morgan fingerprint density at radius 3 is 1.68 bits per heavy atom. The first-order valence-corrected chi connectivity index (χ1v) is 10.3. The van der Waals surface area contributed by atoms with Gasteiger partial charge in [0, 0.05) is 24.2 Å². The molecule has 2 aliphatic rings. The predicted octanol–water partition coefficient (Wildman–Crippen LogP) is 5.28. The van der Waals surface area contributed by atoms with Crippen LogP contribution < -0.4 is 0 Å². The molecule has 4 heteroatoms. The average Bonchev–Trinajstić information content (AvgIpc) is 2.91. The zero-order valence-electron chi connectivity index (χ0n) is 16.8. The molecule has 146 valence electrons. The fourth-order valence-corrected chi connectivity index (χ4v) is 5.51. The second kappa shape index (κ2) is 7.23. The molecule has 0 N–H and O–H groups in total. The number of hydrogen-bond acceptors (Lipinski definition) is 4. The summed E-state index contributed by atoms with van der Waals surface area (Å²) in [6, 6.07) is 11.3. The summed E-state index contributed by atoms with van der Waals surface area (Å²) in [6.45, 7) is 3.84. The summed E-state index contributed by atoms with van der Waals surface area (Å²) in [5.41, 5.74) is 3.00. The molecule has 0 amide bonds. The average molecular weight is 377 g/mol. The van der Waals surface area contributed by atoms with Crippen LogP contribution in [0.4, 0.5) is 0 Å². The lowest BCUT2D eigenvalue weighted by Crippen LogP contribution is -2.31. The third-order valence-electron chi connectivity index (χ3n) is 6.77. The number of hydrogen-bond donors (Lipinski definition) is 0. The van der Waals surface area contributed by atoms with Gasteiger partial charge in [-0.05, 0) is 81.0 Å². The highest BCUT2D eigenvalue weighted by Crippen LogP contribution is 2.61. The van der Waals surface area contributed by atoms with Crippen LogP contribution in [-0.4, -0.2) is 21.5 Å². The van der Waals surface area contributed by atoms with Crippen LogP contribution in [0, 0.1) is 24.7 Å². The van der Waals surface area contributed by atoms with E-state index in [0.29, 0.717) is 24.2 Å². The predicted molar refractivity (Wildman–Crippen MR) is 108 cm³/mol. The van der Waals surface area contributed by atoms with Gasteiger partial charge in [-0.15, -0.1) is 0 Å². The third kappa shape index (κ3) is 3.78. The lowest BCUT2D eigenvalue weighted by molar-refractivity contribution is 0.0749. The standard InChI is InChI=1S/C24H28N2O2/c1-17-6-3-8-19(25-17)21(27)14-23-10-5-11-24(16-23,13-12-23)15-22(28)20-9-4-7-18(2)26-20/h3-4,6-9H,5,10-16H2,1-2H3. The zero-order chi connectivity index (χ0) is 19.8. The molecule has 0 aromatic carbocycles. The molecule has 2 bridgehead atoms. The van der Waals surface area contributed by atoms with Gasteiger partial charge in [-0.25, -0.2) is 0 Å². The van der Waals surface area contributed by atoms with E-state index in [0.717, 1.165) is 49.9 Å². The van der Waals surface area contributed by atoms with Crippen LogP contribution in [0.25, 0.3) is 0 Å². The Morgan fingerprint density at radius 2 is 1.25 bits per heavy atom. The number of pyridine rings is 2. The smallest absolute Gasteiger partial charge is 0.181 e. The maximum Gasteiger partial charge on any atom is 0.181 e. The van der Waals surface area contributed by atoms with Crippen molar-refractivity contribution in [3.05, 3.63) is 59.2 Å². The maximum absolute atomic E-state index is 12.9. The van der Waals surface area contributed by atoms with Crippen LogP contribution in [0.3, 0.4) is 0 Å². The number of rotatable bonds is 6. The molecule has 0 spiro atoms. The molecule has 0 saturated heterocycles. The van der Waals surface area contributed by atoms with Crippen LogP contribution in [-0.2, 0) is 0 Å². The summed E-state index contributed by atoms with van der Waals surface area (Å²) >= 11 is 0. The SMILES string of the molecule is Cc1cccc(C(=O)CC23CCCC(CC(=O)c4cccc(C)n4)(CC2)C3)n1. The molecule has 2 heterocycles. The van der Waals surface area contributed by atoms with Crippen LogP contribution in [0.5, 0.6) is 0 Å². The van der Waals surface area contributed by atoms with Gasteiger partial charge in [-0.2, -0.15) is 0 Å². The van der Waals surface area contributed by atoms with Crippen LogP contribution in [0.1, 0.15) is 83.7 Å². The number of carbonyl (C=O) groups excluding carboxylic acids is 2. The van der Waals surface area contributed by atoms with E-state index < -0.39 is 0 Å². The summed E-state index contributed by atoms with van der Waals surface area (Å²) in [5.74, 6) is 0.293. The summed E-state index contributed by atoms with van der Waals surface area (Å²) in [7, 11) is 0. The molecule has 0 aliphatic heterocycles. The first-order valence-electron chi connectivity index (χ1n) is 10.3. The van der Waals surface area contributed by atoms with E-state index in [-0.39, 0.29) is 22.4 Å². The van der Waals surface area contributed by atoms with Gasteiger partial charge < -0.3 is 0 Å². The molecule has 28 heavy (non-hydrogen) atoms. The Kier molecular flexibility index (Phi) is 4.90. The molecular weight excluding hydrogens is 348 g/mol. The van der Waals surface area contributed by atoms with Crippen LogP contribution in [0.2, 0.25) is 0 Å². The molecule has 0 radical (unpaired) electrons. The van der Waals surface area contributed by atoms with Gasteiger partial charge in [0.2, 0.25) is 0 Å². The van der Waals surface area contributed by atoms with Crippen molar-refractivity contribution < 1.29 is 9.59 Å². The fraction of sp³-hybridized carbons (Fsp3) is 0.500. The minimum atomic E-state index is 0.0427. The highest BCUT2D eigenvalue weighted by molar-refractivity contribution is 5.95. The lowest BCUT2D eigenvalue weighted by atomic mass is 9.65. The lowest BCUT2D eigenvalue weighted by Gasteiger charge is -2.39. The quantitative estimate of drug-likeness (QED) is 0.644.